The predicted octanol–water partition coefficient (Wildman–Crippen LogP) is 3.62. The number of hydrogen-bond acceptors (Lipinski definition) is 5. The first-order chi connectivity index (χ1) is 16.5. The molecule has 0 spiro atoms. The van der Waals surface area contributed by atoms with Crippen LogP contribution in [0, 0.1) is 5.82 Å². The highest BCUT2D eigenvalue weighted by Crippen LogP contribution is 2.29. The summed E-state index contributed by atoms with van der Waals surface area (Å²) in [4.78, 5) is 29.4. The zero-order valence-electron chi connectivity index (χ0n) is 19.1. The summed E-state index contributed by atoms with van der Waals surface area (Å²) in [6, 6.07) is 14.0. The molecule has 0 unspecified atom stereocenters. The number of nitrogens with zero attached hydrogens (tertiary/aromatic N) is 5. The van der Waals surface area contributed by atoms with E-state index in [4.69, 9.17) is 0 Å². The van der Waals surface area contributed by atoms with Crippen LogP contribution in [-0.4, -0.2) is 63.6 Å². The second-order valence-electron chi connectivity index (χ2n) is 8.50. The lowest BCUT2D eigenvalue weighted by Crippen LogP contribution is -2.44. The molecular formula is C25H26FN7O. The van der Waals surface area contributed by atoms with Crippen molar-refractivity contribution in [3.05, 3.63) is 72.6 Å². The number of carbonyl (C=O) groups excluding carboxylic acids is 1. The molecule has 2 aromatic carbocycles. The minimum Gasteiger partial charge on any atom is -0.369 e. The molecule has 5 rings (SSSR count). The van der Waals surface area contributed by atoms with Crippen molar-refractivity contribution in [3.8, 4) is 22.8 Å². The van der Waals surface area contributed by atoms with E-state index in [2.05, 4.69) is 37.1 Å². The molecule has 4 aromatic rings. The summed E-state index contributed by atoms with van der Waals surface area (Å²) in [7, 11) is 3.98. The average molecular weight is 460 g/mol. The third-order valence-electron chi connectivity index (χ3n) is 6.09. The molecule has 1 amide bonds. The second kappa shape index (κ2) is 9.11. The van der Waals surface area contributed by atoms with Crippen molar-refractivity contribution in [2.75, 3.05) is 43.4 Å². The van der Waals surface area contributed by atoms with Crippen molar-refractivity contribution in [2.45, 2.75) is 0 Å². The van der Waals surface area contributed by atoms with Gasteiger partial charge < -0.3 is 24.7 Å². The standard InChI is InChI=1S/C25H26FN7O/c1-31-11-13-33(14-12-31)20-9-7-19(8-10-20)29-25(34)21-15-27-24(30-21)23-22(28-16-32(23)2)17-3-5-18(26)6-4-17/h3-10,15-16H,11-14H2,1-2H3,(H,27,30)(H,29,34). The fourth-order valence-corrected chi connectivity index (χ4v) is 4.10. The van der Waals surface area contributed by atoms with Gasteiger partial charge in [0.25, 0.3) is 5.91 Å². The normalized spacial score (nSPS) is 14.4. The molecule has 8 nitrogen and oxygen atoms in total. The number of carbonyl (C=O) groups is 1. The summed E-state index contributed by atoms with van der Waals surface area (Å²) in [6.07, 6.45) is 3.17. The van der Waals surface area contributed by atoms with Crippen LogP contribution in [0.2, 0.25) is 0 Å². The van der Waals surface area contributed by atoms with E-state index in [0.29, 0.717) is 28.6 Å². The Bertz CT molecular complexity index is 1290. The molecule has 1 aliphatic heterocycles. The fraction of sp³-hybridized carbons (Fsp3) is 0.240. The molecule has 2 aromatic heterocycles. The molecule has 1 saturated heterocycles. The number of hydrogen-bond donors (Lipinski definition) is 2. The summed E-state index contributed by atoms with van der Waals surface area (Å²) in [5.41, 5.74) is 4.33. The molecule has 3 heterocycles. The minimum absolute atomic E-state index is 0.281. The zero-order chi connectivity index (χ0) is 23.7. The Labute approximate surface area is 197 Å². The Hall–Kier alpha value is -3.98. The molecule has 0 bridgehead atoms. The molecule has 0 radical (unpaired) electrons. The number of halogens is 1. The van der Waals surface area contributed by atoms with Gasteiger partial charge in [-0.1, -0.05) is 0 Å². The van der Waals surface area contributed by atoms with Crippen LogP contribution in [0.25, 0.3) is 22.8 Å². The van der Waals surface area contributed by atoms with E-state index >= 15 is 0 Å². The Morgan fingerprint density at radius 2 is 1.68 bits per heavy atom. The van der Waals surface area contributed by atoms with Crippen molar-refractivity contribution in [1.82, 2.24) is 24.4 Å². The van der Waals surface area contributed by atoms with E-state index in [-0.39, 0.29) is 11.7 Å². The number of piperazine rings is 1. The number of likely N-dealkylation sites (N-methyl/N-ethyl adjacent to an activating group) is 1. The molecule has 1 aliphatic rings. The van der Waals surface area contributed by atoms with Crippen molar-refractivity contribution in [3.63, 3.8) is 0 Å². The van der Waals surface area contributed by atoms with Gasteiger partial charge in [-0.2, -0.15) is 0 Å². The lowest BCUT2D eigenvalue weighted by molar-refractivity contribution is 0.102. The number of amides is 1. The minimum atomic E-state index is -0.310. The first-order valence-electron chi connectivity index (χ1n) is 11.2. The first kappa shape index (κ1) is 21.8. The SMILES string of the molecule is CN1CCN(c2ccc(NC(=O)c3cnc(-c4c(-c5ccc(F)cc5)ncn4C)[nH]3)cc2)CC1. The lowest BCUT2D eigenvalue weighted by atomic mass is 10.1. The van der Waals surface area contributed by atoms with Crippen molar-refractivity contribution in [1.29, 1.82) is 0 Å². The number of aryl methyl sites for hydroxylation is 1. The Morgan fingerprint density at radius 1 is 0.971 bits per heavy atom. The summed E-state index contributed by atoms with van der Waals surface area (Å²) < 4.78 is 15.2. The highest BCUT2D eigenvalue weighted by molar-refractivity contribution is 6.03. The van der Waals surface area contributed by atoms with Crippen LogP contribution >= 0.6 is 0 Å². The summed E-state index contributed by atoms with van der Waals surface area (Å²) in [5.74, 6) is -0.0822. The monoisotopic (exact) mass is 459 g/mol. The highest BCUT2D eigenvalue weighted by atomic mass is 19.1. The van der Waals surface area contributed by atoms with Gasteiger partial charge in [0.1, 0.15) is 17.2 Å². The molecule has 0 atom stereocenters. The van der Waals surface area contributed by atoms with Gasteiger partial charge in [0, 0.05) is 50.2 Å². The zero-order valence-corrected chi connectivity index (χ0v) is 19.1. The van der Waals surface area contributed by atoms with Gasteiger partial charge in [0.15, 0.2) is 5.82 Å². The topological polar surface area (TPSA) is 82.1 Å². The van der Waals surface area contributed by atoms with Crippen LogP contribution in [0.5, 0.6) is 0 Å². The molecule has 1 fully saturated rings. The Morgan fingerprint density at radius 3 is 2.38 bits per heavy atom. The smallest absolute Gasteiger partial charge is 0.273 e. The molecule has 0 aliphatic carbocycles. The number of nitrogens with one attached hydrogen (secondary N) is 2. The fourth-order valence-electron chi connectivity index (χ4n) is 4.10. The van der Waals surface area contributed by atoms with Crippen molar-refractivity contribution >= 4 is 17.3 Å². The molecule has 34 heavy (non-hydrogen) atoms. The number of H-pyrrole nitrogens is 1. The Kier molecular flexibility index (Phi) is 5.85. The predicted molar refractivity (Wildman–Crippen MR) is 130 cm³/mol. The number of aromatic nitrogens is 4. The van der Waals surface area contributed by atoms with Gasteiger partial charge >= 0.3 is 0 Å². The Balaban J connectivity index is 1.30. The van der Waals surface area contributed by atoms with E-state index in [1.807, 2.05) is 35.9 Å². The molecule has 2 N–H and O–H groups in total. The third kappa shape index (κ3) is 4.42. The maximum absolute atomic E-state index is 13.3. The number of anilines is 2. The summed E-state index contributed by atoms with van der Waals surface area (Å²) in [6.45, 7) is 4.07. The van der Waals surface area contributed by atoms with Gasteiger partial charge in [-0.15, -0.1) is 0 Å². The van der Waals surface area contributed by atoms with Gasteiger partial charge in [0.2, 0.25) is 0 Å². The van der Waals surface area contributed by atoms with Crippen molar-refractivity contribution < 1.29 is 9.18 Å². The largest absolute Gasteiger partial charge is 0.369 e. The number of benzene rings is 2. The van der Waals surface area contributed by atoms with E-state index in [0.717, 1.165) is 37.4 Å². The maximum atomic E-state index is 13.3. The van der Waals surface area contributed by atoms with E-state index in [1.54, 1.807) is 18.5 Å². The van der Waals surface area contributed by atoms with E-state index in [1.165, 1.54) is 18.3 Å². The van der Waals surface area contributed by atoms with Crippen molar-refractivity contribution in [2.24, 2.45) is 7.05 Å². The molecule has 0 saturated carbocycles. The molecule has 174 valence electrons. The van der Waals surface area contributed by atoms with Crippen LogP contribution in [0.4, 0.5) is 15.8 Å². The lowest BCUT2D eigenvalue weighted by Gasteiger charge is -2.34. The number of imidazole rings is 2. The average Bonchev–Trinajstić information content (AvgIpc) is 3.47. The number of rotatable bonds is 5. The summed E-state index contributed by atoms with van der Waals surface area (Å²) in [5, 5.41) is 2.92. The van der Waals surface area contributed by atoms with Gasteiger partial charge in [0.05, 0.1) is 18.2 Å². The quantitative estimate of drug-likeness (QED) is 0.476. The molecule has 9 heteroatoms. The van der Waals surface area contributed by atoms with Gasteiger partial charge in [-0.05, 0) is 55.6 Å². The maximum Gasteiger partial charge on any atom is 0.273 e. The second-order valence-corrected chi connectivity index (χ2v) is 8.50. The summed E-state index contributed by atoms with van der Waals surface area (Å²) >= 11 is 0. The van der Waals surface area contributed by atoms with E-state index < -0.39 is 0 Å². The molecular weight excluding hydrogens is 433 g/mol. The van der Waals surface area contributed by atoms with Crippen LogP contribution in [-0.2, 0) is 7.05 Å². The van der Waals surface area contributed by atoms with Crippen LogP contribution < -0.4 is 10.2 Å². The van der Waals surface area contributed by atoms with Crippen LogP contribution in [0.1, 0.15) is 10.5 Å². The van der Waals surface area contributed by atoms with Crippen LogP contribution in [0.15, 0.2) is 61.1 Å². The first-order valence-corrected chi connectivity index (χ1v) is 11.2. The van der Waals surface area contributed by atoms with Crippen LogP contribution in [0.3, 0.4) is 0 Å². The number of aromatic amines is 1. The third-order valence-corrected chi connectivity index (χ3v) is 6.09. The van der Waals surface area contributed by atoms with E-state index in [9.17, 15) is 9.18 Å². The van der Waals surface area contributed by atoms with Gasteiger partial charge in [-0.25, -0.2) is 14.4 Å². The van der Waals surface area contributed by atoms with Gasteiger partial charge in [-0.3, -0.25) is 4.79 Å². The highest BCUT2D eigenvalue weighted by Gasteiger charge is 2.19.